The summed E-state index contributed by atoms with van der Waals surface area (Å²) in [7, 11) is 1.73. The average molecular weight is 413 g/mol. The van der Waals surface area contributed by atoms with Gasteiger partial charge in [0, 0.05) is 58.8 Å². The molecule has 0 radical (unpaired) electrons. The maximum Gasteiger partial charge on any atom is 0.416 e. The molecule has 1 aromatic rings. The number of carbonyl (C=O) groups is 1. The summed E-state index contributed by atoms with van der Waals surface area (Å²) in [6, 6.07) is 5.35. The van der Waals surface area contributed by atoms with Crippen molar-refractivity contribution in [2.45, 2.75) is 26.6 Å². The molecule has 0 aliphatic carbocycles. The molecule has 1 saturated heterocycles. The average Bonchev–Trinajstić information content (AvgIpc) is 2.68. The molecule has 2 N–H and O–H groups in total. The van der Waals surface area contributed by atoms with Crippen LogP contribution in [0.2, 0.25) is 0 Å². The Morgan fingerprint density at radius 2 is 1.66 bits per heavy atom. The van der Waals surface area contributed by atoms with Gasteiger partial charge in [-0.25, -0.2) is 0 Å². The van der Waals surface area contributed by atoms with Gasteiger partial charge in [0.05, 0.1) is 5.56 Å². The number of nitrogens with one attached hydrogen (secondary N) is 2. The van der Waals surface area contributed by atoms with Gasteiger partial charge in [0.2, 0.25) is 5.91 Å². The number of nitrogens with zero attached hydrogens (tertiary/aromatic N) is 3. The number of amides is 1. The van der Waals surface area contributed by atoms with E-state index in [0.717, 1.165) is 49.8 Å². The monoisotopic (exact) mass is 413 g/mol. The lowest BCUT2D eigenvalue weighted by molar-refractivity contribution is -0.137. The summed E-state index contributed by atoms with van der Waals surface area (Å²) >= 11 is 0. The number of rotatable bonds is 6. The Kier molecular flexibility index (Phi) is 8.31. The molecule has 1 aliphatic heterocycles. The van der Waals surface area contributed by atoms with E-state index in [1.54, 1.807) is 19.2 Å². The van der Waals surface area contributed by atoms with Crippen molar-refractivity contribution in [2.75, 3.05) is 46.3 Å². The molecular weight excluding hydrogens is 383 g/mol. The summed E-state index contributed by atoms with van der Waals surface area (Å²) in [5.41, 5.74) is 0.250. The zero-order valence-electron chi connectivity index (χ0n) is 17.2. The van der Waals surface area contributed by atoms with Crippen molar-refractivity contribution in [1.29, 1.82) is 0 Å². The third-order valence-corrected chi connectivity index (χ3v) is 4.80. The highest BCUT2D eigenvalue weighted by molar-refractivity contribution is 5.80. The molecule has 0 spiro atoms. The van der Waals surface area contributed by atoms with Crippen molar-refractivity contribution in [3.8, 4) is 0 Å². The first kappa shape index (κ1) is 23.0. The fourth-order valence-corrected chi connectivity index (χ4v) is 3.07. The maximum absolute atomic E-state index is 12.7. The highest BCUT2D eigenvalue weighted by atomic mass is 19.4. The van der Waals surface area contributed by atoms with Crippen LogP contribution in [0.3, 0.4) is 0 Å². The van der Waals surface area contributed by atoms with Gasteiger partial charge in [-0.2, -0.15) is 13.2 Å². The van der Waals surface area contributed by atoms with Gasteiger partial charge in [0.15, 0.2) is 5.96 Å². The van der Waals surface area contributed by atoms with E-state index in [9.17, 15) is 18.0 Å². The number of alkyl halides is 3. The molecule has 9 heteroatoms. The van der Waals surface area contributed by atoms with Crippen LogP contribution in [0.25, 0.3) is 0 Å². The highest BCUT2D eigenvalue weighted by Gasteiger charge is 2.30. The van der Waals surface area contributed by atoms with Gasteiger partial charge < -0.3 is 15.5 Å². The van der Waals surface area contributed by atoms with Crippen molar-refractivity contribution in [1.82, 2.24) is 20.4 Å². The molecule has 0 bridgehead atoms. The second-order valence-electron chi connectivity index (χ2n) is 7.38. The molecule has 1 amide bonds. The van der Waals surface area contributed by atoms with E-state index >= 15 is 0 Å². The molecule has 162 valence electrons. The molecule has 29 heavy (non-hydrogen) atoms. The number of aliphatic imine (C=N–C) groups is 1. The number of hydrogen-bond acceptors (Lipinski definition) is 3. The topological polar surface area (TPSA) is 60.0 Å². The van der Waals surface area contributed by atoms with E-state index in [1.807, 2.05) is 13.8 Å². The molecule has 1 fully saturated rings. The number of piperazine rings is 1. The second kappa shape index (κ2) is 10.5. The van der Waals surface area contributed by atoms with E-state index < -0.39 is 11.7 Å². The van der Waals surface area contributed by atoms with Crippen LogP contribution in [0, 0.1) is 5.92 Å². The first-order valence-corrected chi connectivity index (χ1v) is 9.82. The minimum absolute atomic E-state index is 0.0265. The van der Waals surface area contributed by atoms with Crippen LogP contribution in [0.5, 0.6) is 0 Å². The quantitative estimate of drug-likeness (QED) is 0.426. The lowest BCUT2D eigenvalue weighted by atomic mass is 10.1. The summed E-state index contributed by atoms with van der Waals surface area (Å²) in [6.45, 7) is 8.60. The molecule has 0 atom stereocenters. The predicted molar refractivity (Wildman–Crippen MR) is 108 cm³/mol. The van der Waals surface area contributed by atoms with E-state index in [4.69, 9.17) is 0 Å². The smallest absolute Gasteiger partial charge is 0.354 e. The van der Waals surface area contributed by atoms with Crippen molar-refractivity contribution in [3.63, 3.8) is 0 Å². The number of guanidine groups is 1. The van der Waals surface area contributed by atoms with Crippen LogP contribution in [0.15, 0.2) is 29.3 Å². The Labute approximate surface area is 170 Å². The highest BCUT2D eigenvalue weighted by Crippen LogP contribution is 2.29. The number of hydrogen-bond donors (Lipinski definition) is 2. The molecule has 2 rings (SSSR count). The van der Waals surface area contributed by atoms with Crippen LogP contribution in [-0.4, -0.2) is 68.0 Å². The molecule has 0 unspecified atom stereocenters. The van der Waals surface area contributed by atoms with Crippen molar-refractivity contribution in [3.05, 3.63) is 35.4 Å². The largest absolute Gasteiger partial charge is 0.416 e. The summed E-state index contributed by atoms with van der Waals surface area (Å²) in [5, 5.41) is 6.11. The summed E-state index contributed by atoms with van der Waals surface area (Å²) < 4.78 is 38.0. The van der Waals surface area contributed by atoms with Gasteiger partial charge in [-0.05, 0) is 17.7 Å². The van der Waals surface area contributed by atoms with Crippen LogP contribution >= 0.6 is 0 Å². The number of benzene rings is 1. The van der Waals surface area contributed by atoms with Gasteiger partial charge in [0.25, 0.3) is 0 Å². The van der Waals surface area contributed by atoms with E-state index in [-0.39, 0.29) is 11.8 Å². The minimum atomic E-state index is -4.30. The van der Waals surface area contributed by atoms with Gasteiger partial charge in [-0.1, -0.05) is 26.0 Å². The van der Waals surface area contributed by atoms with E-state index in [1.165, 1.54) is 0 Å². The Balaban J connectivity index is 1.75. The summed E-state index contributed by atoms with van der Waals surface area (Å²) in [5.74, 6) is 0.781. The minimum Gasteiger partial charge on any atom is -0.354 e. The summed E-state index contributed by atoms with van der Waals surface area (Å²) in [4.78, 5) is 20.2. The third kappa shape index (κ3) is 7.23. The second-order valence-corrected chi connectivity index (χ2v) is 7.38. The van der Waals surface area contributed by atoms with Crippen LogP contribution in [-0.2, 0) is 17.5 Å². The zero-order chi connectivity index (χ0) is 21.4. The van der Waals surface area contributed by atoms with Crippen molar-refractivity contribution >= 4 is 11.9 Å². The van der Waals surface area contributed by atoms with Crippen LogP contribution in [0.4, 0.5) is 13.2 Å². The molecule has 6 nitrogen and oxygen atoms in total. The van der Waals surface area contributed by atoms with E-state index in [0.29, 0.717) is 19.6 Å². The first-order chi connectivity index (χ1) is 13.7. The SMILES string of the molecule is CN=C(NCCNC(=O)C(C)C)N1CCN(Cc2ccc(C(F)(F)F)cc2)CC1. The molecule has 0 saturated carbocycles. The first-order valence-electron chi connectivity index (χ1n) is 9.82. The summed E-state index contributed by atoms with van der Waals surface area (Å²) in [6.07, 6.45) is -4.30. The normalized spacial score (nSPS) is 16.2. The maximum atomic E-state index is 12.7. The fraction of sp³-hybridized carbons (Fsp3) is 0.600. The molecule has 1 heterocycles. The Morgan fingerprint density at radius 3 is 2.17 bits per heavy atom. The molecule has 0 aromatic heterocycles. The standard InChI is InChI=1S/C20H30F3N5O/c1-15(2)18(29)25-8-9-26-19(24-3)28-12-10-27(11-13-28)14-16-4-6-17(7-5-16)20(21,22)23/h4-7,15H,8-14H2,1-3H3,(H,24,26)(H,25,29). The van der Waals surface area contributed by atoms with Crippen molar-refractivity contribution in [2.24, 2.45) is 10.9 Å². The van der Waals surface area contributed by atoms with Crippen LogP contribution in [0.1, 0.15) is 25.0 Å². The van der Waals surface area contributed by atoms with Gasteiger partial charge >= 0.3 is 6.18 Å². The zero-order valence-corrected chi connectivity index (χ0v) is 17.2. The molecular formula is C20H30F3N5O. The van der Waals surface area contributed by atoms with Gasteiger partial charge in [-0.3, -0.25) is 14.7 Å². The lowest BCUT2D eigenvalue weighted by Crippen LogP contribution is -2.53. The van der Waals surface area contributed by atoms with Crippen molar-refractivity contribution < 1.29 is 18.0 Å². The Hall–Kier alpha value is -2.29. The predicted octanol–water partition coefficient (Wildman–Crippen LogP) is 2.17. The third-order valence-electron chi connectivity index (χ3n) is 4.80. The Morgan fingerprint density at radius 1 is 1.07 bits per heavy atom. The number of carbonyl (C=O) groups excluding carboxylic acids is 1. The Bertz CT molecular complexity index is 680. The molecule has 1 aliphatic rings. The number of halogens is 3. The fourth-order valence-electron chi connectivity index (χ4n) is 3.07. The molecule has 1 aromatic carbocycles. The van der Waals surface area contributed by atoms with Gasteiger partial charge in [-0.15, -0.1) is 0 Å². The van der Waals surface area contributed by atoms with Crippen LogP contribution < -0.4 is 10.6 Å². The van der Waals surface area contributed by atoms with Gasteiger partial charge in [0.1, 0.15) is 0 Å². The van der Waals surface area contributed by atoms with E-state index in [2.05, 4.69) is 25.4 Å². The lowest BCUT2D eigenvalue weighted by Gasteiger charge is -2.36.